The van der Waals surface area contributed by atoms with Gasteiger partial charge >= 0.3 is 0 Å². The molecule has 1 aliphatic rings. The van der Waals surface area contributed by atoms with Gasteiger partial charge in [0.15, 0.2) is 0 Å². The predicted molar refractivity (Wildman–Crippen MR) is 111 cm³/mol. The van der Waals surface area contributed by atoms with Crippen molar-refractivity contribution in [2.24, 2.45) is 5.16 Å². The van der Waals surface area contributed by atoms with Crippen LogP contribution in [0.3, 0.4) is 0 Å². The number of amides is 1. The summed E-state index contributed by atoms with van der Waals surface area (Å²) in [6.07, 6.45) is -0.540. The predicted octanol–water partition coefficient (Wildman–Crippen LogP) is 2.67. The molecule has 0 fully saturated rings. The normalized spacial score (nSPS) is 16.3. The molecule has 1 unspecified atom stereocenters. The Hall–Kier alpha value is -2.78. The van der Waals surface area contributed by atoms with Crippen molar-refractivity contribution in [3.05, 3.63) is 65.5 Å². The highest BCUT2D eigenvalue weighted by Gasteiger charge is 2.29. The van der Waals surface area contributed by atoms with Crippen LogP contribution in [0.25, 0.3) is 0 Å². The van der Waals surface area contributed by atoms with E-state index in [4.69, 9.17) is 4.84 Å². The molecular formula is C21H24FN3O4S. The molecular weight excluding hydrogens is 409 g/mol. The van der Waals surface area contributed by atoms with E-state index in [0.29, 0.717) is 24.4 Å². The Kier molecular flexibility index (Phi) is 6.84. The van der Waals surface area contributed by atoms with Gasteiger partial charge in [0.05, 0.1) is 10.6 Å². The molecule has 1 N–H and O–H groups in total. The quantitative estimate of drug-likeness (QED) is 0.693. The van der Waals surface area contributed by atoms with Crippen molar-refractivity contribution in [3.63, 3.8) is 0 Å². The number of hydrogen-bond donors (Lipinski definition) is 1. The van der Waals surface area contributed by atoms with Crippen LogP contribution in [0.5, 0.6) is 0 Å². The molecule has 3 rings (SSSR count). The summed E-state index contributed by atoms with van der Waals surface area (Å²) in [6, 6.07) is 12.4. The Morgan fingerprint density at radius 2 is 1.90 bits per heavy atom. The summed E-state index contributed by atoms with van der Waals surface area (Å²) in [5.41, 5.74) is 1.85. The van der Waals surface area contributed by atoms with Gasteiger partial charge in [0, 0.05) is 31.6 Å². The number of halogens is 1. The van der Waals surface area contributed by atoms with Gasteiger partial charge in [-0.25, -0.2) is 12.8 Å². The second-order valence-corrected chi connectivity index (χ2v) is 8.74. The molecule has 0 radical (unpaired) electrons. The molecule has 7 nitrogen and oxygen atoms in total. The van der Waals surface area contributed by atoms with Gasteiger partial charge in [-0.05, 0) is 29.8 Å². The van der Waals surface area contributed by atoms with Crippen molar-refractivity contribution in [2.45, 2.75) is 37.8 Å². The average molecular weight is 434 g/mol. The minimum atomic E-state index is -3.51. The van der Waals surface area contributed by atoms with E-state index in [1.54, 1.807) is 38.1 Å². The van der Waals surface area contributed by atoms with Crippen molar-refractivity contribution in [1.29, 1.82) is 0 Å². The number of sulfonamides is 1. The van der Waals surface area contributed by atoms with Crippen molar-refractivity contribution >= 4 is 21.6 Å². The molecule has 1 heterocycles. The molecule has 0 aromatic heterocycles. The zero-order valence-corrected chi connectivity index (χ0v) is 17.7. The Morgan fingerprint density at radius 1 is 1.20 bits per heavy atom. The monoisotopic (exact) mass is 433 g/mol. The average Bonchev–Trinajstić information content (AvgIpc) is 3.23. The maximum atomic E-state index is 13.4. The van der Waals surface area contributed by atoms with E-state index in [-0.39, 0.29) is 29.6 Å². The second kappa shape index (κ2) is 9.36. The minimum Gasteiger partial charge on any atom is -0.382 e. The third kappa shape index (κ3) is 4.85. The van der Waals surface area contributed by atoms with Crippen molar-refractivity contribution in [2.75, 3.05) is 13.1 Å². The number of carbonyl (C=O) groups excluding carboxylic acids is 1. The molecule has 1 amide bonds. The molecule has 160 valence electrons. The van der Waals surface area contributed by atoms with Crippen molar-refractivity contribution in [3.8, 4) is 0 Å². The third-order valence-corrected chi connectivity index (χ3v) is 6.92. The largest absolute Gasteiger partial charge is 0.382 e. The van der Waals surface area contributed by atoms with Crippen LogP contribution in [0.4, 0.5) is 4.39 Å². The zero-order valence-electron chi connectivity index (χ0n) is 16.8. The van der Waals surface area contributed by atoms with Crippen LogP contribution < -0.4 is 5.32 Å². The summed E-state index contributed by atoms with van der Waals surface area (Å²) < 4.78 is 39.8. The molecule has 1 atom stereocenters. The topological polar surface area (TPSA) is 88.1 Å². The number of hydrogen-bond acceptors (Lipinski definition) is 5. The van der Waals surface area contributed by atoms with Gasteiger partial charge in [0.2, 0.25) is 16.1 Å². The number of rotatable bonds is 8. The molecule has 0 saturated carbocycles. The third-order valence-electron chi connectivity index (χ3n) is 4.85. The van der Waals surface area contributed by atoms with Crippen LogP contribution in [0.15, 0.2) is 58.6 Å². The lowest BCUT2D eigenvalue weighted by Gasteiger charge is -2.18. The summed E-state index contributed by atoms with van der Waals surface area (Å²) in [6.45, 7) is 4.61. The van der Waals surface area contributed by atoms with E-state index < -0.39 is 16.1 Å². The van der Waals surface area contributed by atoms with Gasteiger partial charge in [-0.2, -0.15) is 4.31 Å². The summed E-state index contributed by atoms with van der Waals surface area (Å²) in [5, 5.41) is 6.65. The first-order valence-electron chi connectivity index (χ1n) is 9.70. The summed E-state index contributed by atoms with van der Waals surface area (Å²) in [7, 11) is -3.51. The van der Waals surface area contributed by atoms with E-state index in [1.807, 2.05) is 0 Å². The smallest absolute Gasteiger partial charge is 0.264 e. The molecule has 0 saturated heterocycles. The van der Waals surface area contributed by atoms with Crippen LogP contribution >= 0.6 is 0 Å². The van der Waals surface area contributed by atoms with Gasteiger partial charge in [-0.3, -0.25) is 4.79 Å². The van der Waals surface area contributed by atoms with E-state index in [2.05, 4.69) is 10.5 Å². The number of benzene rings is 2. The van der Waals surface area contributed by atoms with E-state index >= 15 is 0 Å². The molecule has 2 aromatic rings. The minimum absolute atomic E-state index is 0.216. The fourth-order valence-electron chi connectivity index (χ4n) is 3.15. The fraction of sp³-hybridized carbons (Fsp3) is 0.333. The highest BCUT2D eigenvalue weighted by molar-refractivity contribution is 7.89. The zero-order chi connectivity index (χ0) is 21.7. The lowest BCUT2D eigenvalue weighted by atomic mass is 10.0. The molecule has 30 heavy (non-hydrogen) atoms. The van der Waals surface area contributed by atoms with Gasteiger partial charge in [-0.1, -0.05) is 43.3 Å². The Bertz CT molecular complexity index is 1030. The van der Waals surface area contributed by atoms with Crippen molar-refractivity contribution in [1.82, 2.24) is 9.62 Å². The molecule has 9 heteroatoms. The second-order valence-electron chi connectivity index (χ2n) is 6.80. The molecule has 1 aliphatic heterocycles. The molecule has 0 spiro atoms. The summed E-state index contributed by atoms with van der Waals surface area (Å²) in [5.74, 6) is -0.723. The first-order chi connectivity index (χ1) is 14.3. The van der Waals surface area contributed by atoms with Crippen LogP contribution in [0.1, 0.15) is 31.4 Å². The first-order valence-corrected chi connectivity index (χ1v) is 11.1. The maximum Gasteiger partial charge on any atom is 0.264 e. The van der Waals surface area contributed by atoms with E-state index in [9.17, 15) is 17.6 Å². The van der Waals surface area contributed by atoms with Gasteiger partial charge < -0.3 is 10.2 Å². The molecule has 0 bridgehead atoms. The maximum absolute atomic E-state index is 13.4. The Balaban J connectivity index is 1.56. The SMILES string of the molecule is CCN(CC)S(=O)(=O)c1ccc(CNC(=O)C2CC(c3cccc(F)c3)=NO2)cc1. The Morgan fingerprint density at radius 3 is 2.53 bits per heavy atom. The first kappa shape index (κ1) is 21.9. The molecule has 2 aromatic carbocycles. The lowest BCUT2D eigenvalue weighted by Crippen LogP contribution is -2.34. The van der Waals surface area contributed by atoms with E-state index in [0.717, 1.165) is 5.56 Å². The number of oxime groups is 1. The van der Waals surface area contributed by atoms with Crippen LogP contribution in [0.2, 0.25) is 0 Å². The van der Waals surface area contributed by atoms with Crippen LogP contribution in [0, 0.1) is 5.82 Å². The van der Waals surface area contributed by atoms with Crippen LogP contribution in [-0.2, 0) is 26.2 Å². The summed E-state index contributed by atoms with van der Waals surface area (Å²) in [4.78, 5) is 17.8. The molecule has 0 aliphatic carbocycles. The highest BCUT2D eigenvalue weighted by atomic mass is 32.2. The van der Waals surface area contributed by atoms with Crippen LogP contribution in [-0.4, -0.2) is 43.5 Å². The number of nitrogens with one attached hydrogen (secondary N) is 1. The van der Waals surface area contributed by atoms with Crippen molar-refractivity contribution < 1.29 is 22.4 Å². The van der Waals surface area contributed by atoms with E-state index in [1.165, 1.54) is 28.6 Å². The standard InChI is InChI=1S/C21H24FN3O4S/c1-3-25(4-2)30(27,28)18-10-8-15(9-11-18)14-23-21(26)20-13-19(24-29-20)16-6-5-7-17(22)12-16/h5-12,20H,3-4,13-14H2,1-2H3,(H,23,26). The van der Waals surface area contributed by atoms with Gasteiger partial charge in [0.1, 0.15) is 5.82 Å². The Labute approximate surface area is 175 Å². The lowest BCUT2D eigenvalue weighted by molar-refractivity contribution is -0.131. The fourth-order valence-corrected chi connectivity index (χ4v) is 4.61. The number of carbonyl (C=O) groups is 1. The number of nitrogens with zero attached hydrogens (tertiary/aromatic N) is 2. The van der Waals surface area contributed by atoms with Gasteiger partial charge in [-0.15, -0.1) is 0 Å². The summed E-state index contributed by atoms with van der Waals surface area (Å²) >= 11 is 0. The highest BCUT2D eigenvalue weighted by Crippen LogP contribution is 2.19. The van der Waals surface area contributed by atoms with Gasteiger partial charge in [0.25, 0.3) is 5.91 Å².